The molecule has 5 rings (SSSR count). The first kappa shape index (κ1) is 20.8. The predicted molar refractivity (Wildman–Crippen MR) is 120 cm³/mol. The van der Waals surface area contributed by atoms with Gasteiger partial charge in [-0.25, -0.2) is 0 Å². The molecule has 1 N–H and O–H groups in total. The monoisotopic (exact) mass is 450 g/mol. The maximum absolute atomic E-state index is 12.8. The molecule has 1 unspecified atom stereocenters. The van der Waals surface area contributed by atoms with Crippen LogP contribution in [0.3, 0.4) is 0 Å². The minimum Gasteiger partial charge on any atom is -0.322 e. The minimum absolute atomic E-state index is 0.137. The molecular formula is C24H23ClN4O3. The summed E-state index contributed by atoms with van der Waals surface area (Å²) in [6, 6.07) is 7.29. The lowest BCUT2D eigenvalue weighted by Gasteiger charge is -2.29. The Morgan fingerprint density at radius 3 is 2.75 bits per heavy atom. The largest absolute Gasteiger partial charge is 0.322 e. The Labute approximate surface area is 191 Å². The maximum Gasteiger partial charge on any atom is 0.255 e. The van der Waals surface area contributed by atoms with Gasteiger partial charge in [-0.1, -0.05) is 29.8 Å². The van der Waals surface area contributed by atoms with E-state index in [4.69, 9.17) is 11.6 Å². The van der Waals surface area contributed by atoms with E-state index in [2.05, 4.69) is 27.3 Å². The van der Waals surface area contributed by atoms with E-state index in [1.807, 2.05) is 24.4 Å². The van der Waals surface area contributed by atoms with Crippen LogP contribution in [0.5, 0.6) is 0 Å². The molecule has 1 saturated heterocycles. The summed E-state index contributed by atoms with van der Waals surface area (Å²) < 4.78 is 0. The number of carbonyl (C=O) groups is 3. The zero-order valence-electron chi connectivity index (χ0n) is 17.5. The Morgan fingerprint density at radius 2 is 2.00 bits per heavy atom. The van der Waals surface area contributed by atoms with Crippen LogP contribution < -0.4 is 5.32 Å². The van der Waals surface area contributed by atoms with Crippen LogP contribution in [0.15, 0.2) is 42.7 Å². The fourth-order valence-electron chi connectivity index (χ4n) is 4.69. The molecule has 2 aromatic rings. The van der Waals surface area contributed by atoms with E-state index < -0.39 is 6.04 Å². The maximum atomic E-state index is 12.8. The van der Waals surface area contributed by atoms with E-state index in [9.17, 15) is 14.4 Å². The van der Waals surface area contributed by atoms with Crippen molar-refractivity contribution in [3.05, 3.63) is 70.0 Å². The Balaban J connectivity index is 1.25. The summed E-state index contributed by atoms with van der Waals surface area (Å²) in [5.41, 5.74) is 5.06. The SMILES string of the molecule is O=C1CCC(N2Cc3cc(CN4CC=C(c5cncc(Cl)c5)CC4)ccc3C2=O)C(=O)N1. The number of hydrogen-bond acceptors (Lipinski definition) is 5. The van der Waals surface area contributed by atoms with Gasteiger partial charge >= 0.3 is 0 Å². The van der Waals surface area contributed by atoms with Crippen LogP contribution in [-0.2, 0) is 22.7 Å². The number of nitrogens with one attached hydrogen (secondary N) is 1. The first-order valence-corrected chi connectivity index (χ1v) is 11.1. The number of hydrogen-bond donors (Lipinski definition) is 1. The van der Waals surface area contributed by atoms with E-state index in [1.165, 1.54) is 5.57 Å². The highest BCUT2D eigenvalue weighted by Crippen LogP contribution is 2.29. The summed E-state index contributed by atoms with van der Waals surface area (Å²) in [7, 11) is 0. The third-order valence-corrected chi connectivity index (χ3v) is 6.57. The van der Waals surface area contributed by atoms with Crippen molar-refractivity contribution in [3.63, 3.8) is 0 Å². The van der Waals surface area contributed by atoms with Crippen molar-refractivity contribution in [2.45, 2.75) is 38.4 Å². The second-order valence-corrected chi connectivity index (χ2v) is 8.93. The van der Waals surface area contributed by atoms with E-state index in [1.54, 1.807) is 11.1 Å². The van der Waals surface area contributed by atoms with Crippen LogP contribution in [-0.4, -0.2) is 51.6 Å². The third kappa shape index (κ3) is 4.06. The van der Waals surface area contributed by atoms with Crippen LogP contribution in [0.4, 0.5) is 0 Å². The molecular weight excluding hydrogens is 428 g/mol. The van der Waals surface area contributed by atoms with Gasteiger partial charge in [-0.3, -0.25) is 29.6 Å². The van der Waals surface area contributed by atoms with Gasteiger partial charge in [0.2, 0.25) is 11.8 Å². The number of imide groups is 1. The third-order valence-electron chi connectivity index (χ3n) is 6.36. The number of amides is 3. The molecule has 0 bridgehead atoms. The summed E-state index contributed by atoms with van der Waals surface area (Å²) in [6.07, 6.45) is 7.27. The lowest BCUT2D eigenvalue weighted by Crippen LogP contribution is -2.52. The van der Waals surface area contributed by atoms with Crippen molar-refractivity contribution in [2.24, 2.45) is 0 Å². The lowest BCUT2D eigenvalue weighted by molar-refractivity contribution is -0.136. The van der Waals surface area contributed by atoms with Crippen LogP contribution in [0.25, 0.3) is 5.57 Å². The molecule has 8 heteroatoms. The minimum atomic E-state index is -0.581. The Morgan fingerprint density at radius 1 is 1.12 bits per heavy atom. The summed E-state index contributed by atoms with van der Waals surface area (Å²) in [5, 5.41) is 2.99. The molecule has 1 aromatic carbocycles. The highest BCUT2D eigenvalue weighted by Gasteiger charge is 2.39. The highest BCUT2D eigenvalue weighted by molar-refractivity contribution is 6.30. The van der Waals surface area contributed by atoms with Gasteiger partial charge in [0, 0.05) is 50.6 Å². The fourth-order valence-corrected chi connectivity index (χ4v) is 4.86. The number of piperidine rings is 1. The van der Waals surface area contributed by atoms with Crippen LogP contribution >= 0.6 is 11.6 Å². The van der Waals surface area contributed by atoms with E-state index >= 15 is 0 Å². The molecule has 32 heavy (non-hydrogen) atoms. The van der Waals surface area contributed by atoms with Gasteiger partial charge in [-0.05, 0) is 47.2 Å². The molecule has 3 amide bonds. The molecule has 7 nitrogen and oxygen atoms in total. The molecule has 0 radical (unpaired) electrons. The van der Waals surface area contributed by atoms with Crippen LogP contribution in [0, 0.1) is 0 Å². The van der Waals surface area contributed by atoms with Crippen LogP contribution in [0.2, 0.25) is 5.02 Å². The number of rotatable bonds is 4. The van der Waals surface area contributed by atoms with Gasteiger partial charge in [0.15, 0.2) is 0 Å². The molecule has 0 aliphatic carbocycles. The molecule has 3 aliphatic rings. The number of fused-ring (bicyclic) bond motifs is 1. The quantitative estimate of drug-likeness (QED) is 0.724. The lowest BCUT2D eigenvalue weighted by atomic mass is 10.0. The van der Waals surface area contributed by atoms with Crippen molar-refractivity contribution in [2.75, 3.05) is 13.1 Å². The molecule has 164 valence electrons. The standard InChI is InChI=1S/C24H23ClN4O3/c25-19-10-17(11-26-12-19)16-5-7-28(8-6-16)13-15-1-2-20-18(9-15)14-29(24(20)32)21-3-4-22(30)27-23(21)31/h1-2,5,9-12,21H,3-4,6-8,13-14H2,(H,27,30,31). The van der Waals surface area contributed by atoms with Crippen molar-refractivity contribution >= 4 is 34.9 Å². The smallest absolute Gasteiger partial charge is 0.255 e. The average Bonchev–Trinajstić information content (AvgIpc) is 3.10. The molecule has 0 saturated carbocycles. The number of halogens is 1. The van der Waals surface area contributed by atoms with Crippen molar-refractivity contribution < 1.29 is 14.4 Å². The normalized spacial score (nSPS) is 21.4. The zero-order chi connectivity index (χ0) is 22.2. The van der Waals surface area contributed by atoms with Crippen molar-refractivity contribution in [3.8, 4) is 0 Å². The number of aromatic nitrogens is 1. The molecule has 4 heterocycles. The summed E-state index contributed by atoms with van der Waals surface area (Å²) in [6.45, 7) is 2.95. The molecule has 3 aliphatic heterocycles. The van der Waals surface area contributed by atoms with E-state index in [-0.39, 0.29) is 24.1 Å². The van der Waals surface area contributed by atoms with Crippen LogP contribution in [0.1, 0.15) is 46.3 Å². The number of carbonyl (C=O) groups excluding carboxylic acids is 3. The molecule has 1 fully saturated rings. The second kappa shape index (κ2) is 8.48. The van der Waals surface area contributed by atoms with E-state index in [0.29, 0.717) is 23.6 Å². The Kier molecular flexibility index (Phi) is 5.53. The average molecular weight is 451 g/mol. The second-order valence-electron chi connectivity index (χ2n) is 8.50. The van der Waals surface area contributed by atoms with Crippen molar-refractivity contribution in [1.29, 1.82) is 0 Å². The predicted octanol–water partition coefficient (Wildman–Crippen LogP) is 2.79. The highest BCUT2D eigenvalue weighted by atomic mass is 35.5. The topological polar surface area (TPSA) is 82.6 Å². The first-order chi connectivity index (χ1) is 15.5. The molecule has 1 atom stereocenters. The van der Waals surface area contributed by atoms with Gasteiger partial charge in [0.05, 0.1) is 5.02 Å². The van der Waals surface area contributed by atoms with Gasteiger partial charge in [-0.2, -0.15) is 0 Å². The van der Waals surface area contributed by atoms with Gasteiger partial charge < -0.3 is 4.90 Å². The summed E-state index contributed by atoms with van der Waals surface area (Å²) in [5.74, 6) is -0.793. The number of nitrogens with zero attached hydrogens (tertiary/aromatic N) is 3. The zero-order valence-corrected chi connectivity index (χ0v) is 18.3. The van der Waals surface area contributed by atoms with E-state index in [0.717, 1.165) is 42.7 Å². The van der Waals surface area contributed by atoms with Gasteiger partial charge in [0.1, 0.15) is 6.04 Å². The summed E-state index contributed by atoms with van der Waals surface area (Å²) >= 11 is 6.07. The fraction of sp³-hybridized carbons (Fsp3) is 0.333. The Hall–Kier alpha value is -3.03. The Bertz CT molecular complexity index is 1150. The summed E-state index contributed by atoms with van der Waals surface area (Å²) in [4.78, 5) is 44.6. The molecule has 1 aromatic heterocycles. The van der Waals surface area contributed by atoms with Gasteiger partial charge in [-0.15, -0.1) is 0 Å². The number of benzene rings is 1. The molecule has 0 spiro atoms. The number of pyridine rings is 1. The van der Waals surface area contributed by atoms with Crippen molar-refractivity contribution in [1.82, 2.24) is 20.1 Å². The first-order valence-electron chi connectivity index (χ1n) is 10.8. The van der Waals surface area contributed by atoms with Gasteiger partial charge in [0.25, 0.3) is 5.91 Å².